The van der Waals surface area contributed by atoms with E-state index in [2.05, 4.69) is 10.1 Å². The second kappa shape index (κ2) is 6.31. The van der Waals surface area contributed by atoms with Gasteiger partial charge in [0.25, 0.3) is 0 Å². The highest BCUT2D eigenvalue weighted by Gasteiger charge is 2.32. The minimum absolute atomic E-state index is 0.0687. The number of rotatable bonds is 3. The number of hydrogen-bond donors (Lipinski definition) is 1. The molecule has 2 rings (SSSR count). The lowest BCUT2D eigenvalue weighted by molar-refractivity contribution is 0.0600. The van der Waals surface area contributed by atoms with Crippen molar-refractivity contribution in [2.45, 2.75) is 17.9 Å². The van der Waals surface area contributed by atoms with Crippen LogP contribution in [-0.2, 0) is 14.8 Å². The molecule has 8 heteroatoms. The van der Waals surface area contributed by atoms with Gasteiger partial charge in [0.15, 0.2) is 0 Å². The van der Waals surface area contributed by atoms with Crippen molar-refractivity contribution in [3.05, 3.63) is 28.8 Å². The number of halogens is 1. The Morgan fingerprint density at radius 2 is 2.19 bits per heavy atom. The van der Waals surface area contributed by atoms with Crippen LogP contribution in [0.15, 0.2) is 23.1 Å². The van der Waals surface area contributed by atoms with Gasteiger partial charge in [0.2, 0.25) is 10.0 Å². The number of carbonyl (C=O) groups is 1. The van der Waals surface area contributed by atoms with E-state index in [1.54, 1.807) is 0 Å². The fourth-order valence-electron chi connectivity index (χ4n) is 2.25. The third-order valence-electron chi connectivity index (χ3n) is 3.38. The van der Waals surface area contributed by atoms with Gasteiger partial charge in [-0.3, -0.25) is 0 Å². The summed E-state index contributed by atoms with van der Waals surface area (Å²) >= 11 is 6.02. The van der Waals surface area contributed by atoms with Gasteiger partial charge in [0.05, 0.1) is 17.7 Å². The number of methoxy groups -OCH3 is 1. The van der Waals surface area contributed by atoms with E-state index in [-0.39, 0.29) is 21.5 Å². The molecule has 0 spiro atoms. The molecule has 0 saturated carbocycles. The third kappa shape index (κ3) is 3.21. The predicted molar refractivity (Wildman–Crippen MR) is 79.0 cm³/mol. The zero-order chi connectivity index (χ0) is 15.6. The molecule has 1 aliphatic heterocycles. The molecule has 21 heavy (non-hydrogen) atoms. The zero-order valence-electron chi connectivity index (χ0n) is 11.8. The summed E-state index contributed by atoms with van der Waals surface area (Å²) < 4.78 is 31.5. The fraction of sp³-hybridized carbons (Fsp3) is 0.462. The molecule has 0 amide bonds. The van der Waals surface area contributed by atoms with Crippen LogP contribution in [0.5, 0.6) is 0 Å². The molecule has 1 aromatic carbocycles. The molecular weight excluding hydrogens is 316 g/mol. The van der Waals surface area contributed by atoms with Gasteiger partial charge in [0.1, 0.15) is 4.90 Å². The van der Waals surface area contributed by atoms with E-state index in [0.717, 1.165) is 0 Å². The van der Waals surface area contributed by atoms with Crippen molar-refractivity contribution in [2.24, 2.45) is 0 Å². The summed E-state index contributed by atoms with van der Waals surface area (Å²) in [6.45, 7) is 3.34. The topological polar surface area (TPSA) is 75.7 Å². The molecule has 1 fully saturated rings. The van der Waals surface area contributed by atoms with E-state index in [1.165, 1.54) is 29.6 Å². The van der Waals surface area contributed by atoms with Crippen LogP contribution in [0.2, 0.25) is 5.02 Å². The normalized spacial score (nSPS) is 20.2. The van der Waals surface area contributed by atoms with Gasteiger partial charge in [-0.1, -0.05) is 11.6 Å². The average molecular weight is 333 g/mol. The van der Waals surface area contributed by atoms with Crippen molar-refractivity contribution < 1.29 is 17.9 Å². The number of sulfonamides is 1. The first-order valence-electron chi connectivity index (χ1n) is 6.48. The molecule has 0 unspecified atom stereocenters. The second-order valence-corrected chi connectivity index (χ2v) is 7.07. The van der Waals surface area contributed by atoms with Gasteiger partial charge >= 0.3 is 5.97 Å². The number of benzene rings is 1. The average Bonchev–Trinajstić information content (AvgIpc) is 2.47. The van der Waals surface area contributed by atoms with Crippen molar-refractivity contribution in [1.82, 2.24) is 9.62 Å². The van der Waals surface area contributed by atoms with Gasteiger partial charge in [-0.25, -0.2) is 13.2 Å². The van der Waals surface area contributed by atoms with Crippen molar-refractivity contribution in [2.75, 3.05) is 26.7 Å². The summed E-state index contributed by atoms with van der Waals surface area (Å²) in [5.41, 5.74) is 0.156. The van der Waals surface area contributed by atoms with Crippen LogP contribution in [0.25, 0.3) is 0 Å². The first-order chi connectivity index (χ1) is 9.87. The standard InChI is InChI=1S/C13H17ClN2O4S/c1-9-8-15-5-6-16(9)21(18,19)12-7-10(13(17)20-2)3-4-11(12)14/h3-4,7,9,15H,5-6,8H2,1-2H3/t9-/m0/s1. The summed E-state index contributed by atoms with van der Waals surface area (Å²) in [6, 6.07) is 3.92. The van der Waals surface area contributed by atoms with Crippen LogP contribution in [0, 0.1) is 0 Å². The van der Waals surface area contributed by atoms with Gasteiger partial charge in [-0.15, -0.1) is 0 Å². The molecule has 116 valence electrons. The molecule has 1 aliphatic rings. The maximum atomic E-state index is 12.7. The maximum absolute atomic E-state index is 12.7. The number of hydrogen-bond acceptors (Lipinski definition) is 5. The van der Waals surface area contributed by atoms with Crippen LogP contribution in [0.4, 0.5) is 0 Å². The van der Waals surface area contributed by atoms with Crippen molar-refractivity contribution in [1.29, 1.82) is 0 Å². The molecule has 0 bridgehead atoms. The minimum Gasteiger partial charge on any atom is -0.465 e. The highest BCUT2D eigenvalue weighted by atomic mass is 35.5. The van der Waals surface area contributed by atoms with Crippen LogP contribution in [0.1, 0.15) is 17.3 Å². The number of ether oxygens (including phenoxy) is 1. The van der Waals surface area contributed by atoms with Gasteiger partial charge in [-0.05, 0) is 25.1 Å². The van der Waals surface area contributed by atoms with E-state index in [0.29, 0.717) is 19.6 Å². The number of esters is 1. The summed E-state index contributed by atoms with van der Waals surface area (Å²) in [4.78, 5) is 11.5. The Kier molecular flexibility index (Phi) is 4.88. The molecule has 1 atom stereocenters. The predicted octanol–water partition coefficient (Wildman–Crippen LogP) is 1.11. The first kappa shape index (κ1) is 16.2. The third-order valence-corrected chi connectivity index (χ3v) is 5.87. The minimum atomic E-state index is -3.75. The van der Waals surface area contributed by atoms with Crippen LogP contribution < -0.4 is 5.32 Å². The van der Waals surface area contributed by atoms with E-state index in [9.17, 15) is 13.2 Å². The van der Waals surface area contributed by atoms with Crippen molar-refractivity contribution in [3.8, 4) is 0 Å². The van der Waals surface area contributed by atoms with Crippen molar-refractivity contribution >= 4 is 27.6 Å². The van der Waals surface area contributed by atoms with E-state index in [4.69, 9.17) is 11.6 Å². The molecule has 0 aliphatic carbocycles. The summed E-state index contributed by atoms with van der Waals surface area (Å²) in [5, 5.41) is 3.22. The Balaban J connectivity index is 2.46. The van der Waals surface area contributed by atoms with E-state index < -0.39 is 16.0 Å². The molecule has 1 heterocycles. The first-order valence-corrected chi connectivity index (χ1v) is 8.30. The Bertz CT molecular complexity index is 648. The zero-order valence-corrected chi connectivity index (χ0v) is 13.4. The Hall–Kier alpha value is -1.15. The van der Waals surface area contributed by atoms with Crippen LogP contribution in [-0.4, -0.2) is 51.5 Å². The SMILES string of the molecule is COC(=O)c1ccc(Cl)c(S(=O)(=O)N2CCNC[C@@H]2C)c1. The molecule has 1 N–H and O–H groups in total. The van der Waals surface area contributed by atoms with Gasteiger partial charge in [-0.2, -0.15) is 4.31 Å². The number of carbonyl (C=O) groups excluding carboxylic acids is 1. The Labute approximate surface area is 129 Å². The lowest BCUT2D eigenvalue weighted by Crippen LogP contribution is -2.52. The number of nitrogens with zero attached hydrogens (tertiary/aromatic N) is 1. The smallest absolute Gasteiger partial charge is 0.337 e. The highest BCUT2D eigenvalue weighted by molar-refractivity contribution is 7.89. The molecule has 0 aromatic heterocycles. The lowest BCUT2D eigenvalue weighted by Gasteiger charge is -2.33. The van der Waals surface area contributed by atoms with E-state index >= 15 is 0 Å². The van der Waals surface area contributed by atoms with Gasteiger partial charge < -0.3 is 10.1 Å². The number of nitrogens with one attached hydrogen (secondary N) is 1. The second-order valence-electron chi connectivity index (χ2n) is 4.81. The Morgan fingerprint density at radius 1 is 1.48 bits per heavy atom. The van der Waals surface area contributed by atoms with Crippen molar-refractivity contribution in [3.63, 3.8) is 0 Å². The quantitative estimate of drug-likeness (QED) is 0.839. The highest BCUT2D eigenvalue weighted by Crippen LogP contribution is 2.27. The monoisotopic (exact) mass is 332 g/mol. The summed E-state index contributed by atoms with van der Waals surface area (Å²) in [6.07, 6.45) is 0. The van der Waals surface area contributed by atoms with Crippen LogP contribution in [0.3, 0.4) is 0 Å². The largest absolute Gasteiger partial charge is 0.465 e. The molecule has 0 radical (unpaired) electrons. The summed E-state index contributed by atoms with van der Waals surface area (Å²) in [5.74, 6) is -0.600. The lowest BCUT2D eigenvalue weighted by atomic mass is 10.2. The fourth-order valence-corrected chi connectivity index (χ4v) is 4.38. The molecule has 6 nitrogen and oxygen atoms in total. The number of piperazine rings is 1. The maximum Gasteiger partial charge on any atom is 0.337 e. The van der Waals surface area contributed by atoms with Crippen LogP contribution >= 0.6 is 11.6 Å². The molecular formula is C13H17ClN2O4S. The molecule has 1 aromatic rings. The van der Waals surface area contributed by atoms with Gasteiger partial charge in [0, 0.05) is 25.7 Å². The Morgan fingerprint density at radius 3 is 2.81 bits per heavy atom. The summed E-state index contributed by atoms with van der Waals surface area (Å²) in [7, 11) is -2.51. The van der Waals surface area contributed by atoms with E-state index in [1.807, 2.05) is 6.92 Å². The molecule has 1 saturated heterocycles.